The Kier molecular flexibility index (Phi) is 6.72. The van der Waals surface area contributed by atoms with Crippen LogP contribution in [0.25, 0.3) is 0 Å². The number of hydrogen-bond acceptors (Lipinski definition) is 4. The maximum atomic E-state index is 13.1. The minimum absolute atomic E-state index is 0.0951. The fourth-order valence-corrected chi connectivity index (χ4v) is 3.59. The van der Waals surface area contributed by atoms with Crippen molar-refractivity contribution in [3.05, 3.63) is 76.9 Å². The van der Waals surface area contributed by atoms with E-state index in [-0.39, 0.29) is 17.9 Å². The summed E-state index contributed by atoms with van der Waals surface area (Å²) in [5.74, 6) is 0.265. The van der Waals surface area contributed by atoms with Gasteiger partial charge in [-0.25, -0.2) is 0 Å². The largest absolute Gasteiger partial charge is 0.361 e. The lowest BCUT2D eigenvalue weighted by atomic mass is 10.0. The van der Waals surface area contributed by atoms with E-state index < -0.39 is 0 Å². The molecular formula is C23H28N4O3. The number of nitrogens with one attached hydrogen (secondary N) is 1. The van der Waals surface area contributed by atoms with E-state index in [4.69, 9.17) is 4.52 Å². The molecule has 3 aromatic rings. The molecule has 2 heterocycles. The molecule has 0 aliphatic heterocycles. The zero-order chi connectivity index (χ0) is 21.7. The molecule has 0 saturated heterocycles. The number of aromatic nitrogens is 2. The fraction of sp³-hybridized carbons (Fsp3) is 0.348. The maximum Gasteiger partial charge on any atom is 0.267 e. The molecule has 3 rings (SSSR count). The second-order valence-electron chi connectivity index (χ2n) is 7.51. The summed E-state index contributed by atoms with van der Waals surface area (Å²) in [5, 5.41) is 6.87. The zero-order valence-electron chi connectivity index (χ0n) is 17.9. The third kappa shape index (κ3) is 4.79. The minimum Gasteiger partial charge on any atom is -0.361 e. The van der Waals surface area contributed by atoms with Crippen molar-refractivity contribution in [1.29, 1.82) is 0 Å². The number of amides is 2. The molecule has 7 nitrogen and oxygen atoms in total. The number of benzene rings is 1. The van der Waals surface area contributed by atoms with E-state index in [1.165, 1.54) is 0 Å². The molecule has 30 heavy (non-hydrogen) atoms. The van der Waals surface area contributed by atoms with Gasteiger partial charge in [-0.05, 0) is 44.4 Å². The van der Waals surface area contributed by atoms with Gasteiger partial charge >= 0.3 is 0 Å². The highest BCUT2D eigenvalue weighted by molar-refractivity contribution is 5.96. The SMILES string of the molecule is Cc1noc(C)c1C(=O)N(C)[C@H](CCNC(=O)c1cccn1C)Cc1ccccc1. The molecule has 0 unspecified atom stereocenters. The van der Waals surface area contributed by atoms with Gasteiger partial charge in [0.2, 0.25) is 0 Å². The molecule has 0 bridgehead atoms. The van der Waals surface area contributed by atoms with Crippen molar-refractivity contribution in [2.75, 3.05) is 13.6 Å². The zero-order valence-corrected chi connectivity index (χ0v) is 17.9. The topological polar surface area (TPSA) is 80.4 Å². The second kappa shape index (κ2) is 9.43. The first-order valence-corrected chi connectivity index (χ1v) is 10.0. The molecule has 0 aliphatic carbocycles. The van der Waals surface area contributed by atoms with Crippen LogP contribution in [0, 0.1) is 13.8 Å². The summed E-state index contributed by atoms with van der Waals surface area (Å²) >= 11 is 0. The van der Waals surface area contributed by atoms with Crippen LogP contribution >= 0.6 is 0 Å². The minimum atomic E-state index is -0.124. The first-order valence-electron chi connectivity index (χ1n) is 10.0. The van der Waals surface area contributed by atoms with Gasteiger partial charge in [-0.15, -0.1) is 0 Å². The number of hydrogen-bond donors (Lipinski definition) is 1. The van der Waals surface area contributed by atoms with Crippen LogP contribution in [0.2, 0.25) is 0 Å². The molecule has 0 aliphatic rings. The molecule has 0 spiro atoms. The second-order valence-corrected chi connectivity index (χ2v) is 7.51. The molecule has 1 N–H and O–H groups in total. The van der Waals surface area contributed by atoms with Crippen molar-refractivity contribution in [2.24, 2.45) is 7.05 Å². The van der Waals surface area contributed by atoms with Crippen molar-refractivity contribution in [2.45, 2.75) is 32.7 Å². The average Bonchev–Trinajstić information content (AvgIpc) is 3.31. The molecule has 0 radical (unpaired) electrons. The van der Waals surface area contributed by atoms with Crippen LogP contribution < -0.4 is 5.32 Å². The van der Waals surface area contributed by atoms with E-state index >= 15 is 0 Å². The van der Waals surface area contributed by atoms with E-state index in [9.17, 15) is 9.59 Å². The van der Waals surface area contributed by atoms with Crippen LogP contribution in [-0.4, -0.2) is 46.1 Å². The lowest BCUT2D eigenvalue weighted by Gasteiger charge is -2.28. The lowest BCUT2D eigenvalue weighted by Crippen LogP contribution is -2.41. The van der Waals surface area contributed by atoms with Crippen molar-refractivity contribution in [1.82, 2.24) is 19.9 Å². The van der Waals surface area contributed by atoms with Crippen molar-refractivity contribution >= 4 is 11.8 Å². The molecule has 1 atom stereocenters. The van der Waals surface area contributed by atoms with E-state index in [0.29, 0.717) is 42.1 Å². The summed E-state index contributed by atoms with van der Waals surface area (Å²) < 4.78 is 6.95. The molecular weight excluding hydrogens is 380 g/mol. The first-order chi connectivity index (χ1) is 14.4. The van der Waals surface area contributed by atoms with E-state index in [1.54, 1.807) is 36.4 Å². The number of carbonyl (C=O) groups is 2. The quantitative estimate of drug-likeness (QED) is 0.621. The number of carbonyl (C=O) groups excluding carboxylic acids is 2. The Bertz CT molecular complexity index is 987. The van der Waals surface area contributed by atoms with E-state index in [2.05, 4.69) is 10.5 Å². The summed E-state index contributed by atoms with van der Waals surface area (Å²) in [6, 6.07) is 13.6. The summed E-state index contributed by atoms with van der Waals surface area (Å²) in [7, 11) is 3.63. The van der Waals surface area contributed by atoms with Gasteiger partial charge in [-0.3, -0.25) is 9.59 Å². The first kappa shape index (κ1) is 21.4. The molecule has 0 fully saturated rings. The highest BCUT2D eigenvalue weighted by Gasteiger charge is 2.26. The predicted octanol–water partition coefficient (Wildman–Crippen LogP) is 3.13. The number of rotatable bonds is 8. The molecule has 2 aromatic heterocycles. The molecule has 0 saturated carbocycles. The highest BCUT2D eigenvalue weighted by Crippen LogP contribution is 2.19. The summed E-state index contributed by atoms with van der Waals surface area (Å²) in [5.41, 5.74) is 2.83. The number of aryl methyl sites for hydroxylation is 3. The Morgan fingerprint density at radius 1 is 1.17 bits per heavy atom. The van der Waals surface area contributed by atoms with Gasteiger partial charge in [0.15, 0.2) is 0 Å². The van der Waals surface area contributed by atoms with Gasteiger partial charge in [0, 0.05) is 32.9 Å². The smallest absolute Gasteiger partial charge is 0.267 e. The number of nitrogens with zero attached hydrogens (tertiary/aromatic N) is 3. The standard InChI is InChI=1S/C23H28N4O3/c1-16-21(17(2)30-25-16)23(29)27(4)19(15-18-9-6-5-7-10-18)12-13-24-22(28)20-11-8-14-26(20)3/h5-11,14,19H,12-13,15H2,1-4H3,(H,24,28)/t19-/m1/s1. The molecule has 2 amide bonds. The van der Waals surface area contributed by atoms with Crippen molar-refractivity contribution < 1.29 is 14.1 Å². The Balaban J connectivity index is 1.72. The molecule has 7 heteroatoms. The van der Waals surface area contributed by atoms with E-state index in [0.717, 1.165) is 5.56 Å². The van der Waals surface area contributed by atoms with E-state index in [1.807, 2.05) is 49.6 Å². The lowest BCUT2D eigenvalue weighted by molar-refractivity contribution is 0.0720. The third-order valence-electron chi connectivity index (χ3n) is 5.37. The summed E-state index contributed by atoms with van der Waals surface area (Å²) in [4.78, 5) is 27.3. The summed E-state index contributed by atoms with van der Waals surface area (Å²) in [6.07, 6.45) is 3.15. The van der Waals surface area contributed by atoms with Gasteiger partial charge < -0.3 is 19.3 Å². The van der Waals surface area contributed by atoms with Crippen LogP contribution in [0.3, 0.4) is 0 Å². The van der Waals surface area contributed by atoms with Crippen LogP contribution in [0.1, 0.15) is 44.3 Å². The Labute approximate surface area is 176 Å². The van der Waals surface area contributed by atoms with Crippen LogP contribution in [0.5, 0.6) is 0 Å². The van der Waals surface area contributed by atoms with Gasteiger partial charge in [0.25, 0.3) is 11.8 Å². The Morgan fingerprint density at radius 3 is 2.50 bits per heavy atom. The van der Waals surface area contributed by atoms with Crippen molar-refractivity contribution in [3.63, 3.8) is 0 Å². The normalized spacial score (nSPS) is 11.9. The molecule has 1 aromatic carbocycles. The van der Waals surface area contributed by atoms with Crippen LogP contribution in [-0.2, 0) is 13.5 Å². The molecule has 158 valence electrons. The maximum absolute atomic E-state index is 13.1. The van der Waals surface area contributed by atoms with Crippen LogP contribution in [0.4, 0.5) is 0 Å². The van der Waals surface area contributed by atoms with Gasteiger partial charge in [0.05, 0.1) is 5.69 Å². The fourth-order valence-electron chi connectivity index (χ4n) is 3.59. The Hall–Kier alpha value is -3.35. The van der Waals surface area contributed by atoms with Gasteiger partial charge in [-0.1, -0.05) is 35.5 Å². The number of likely N-dealkylation sites (N-methyl/N-ethyl adjacent to an activating group) is 1. The van der Waals surface area contributed by atoms with Crippen molar-refractivity contribution in [3.8, 4) is 0 Å². The summed E-state index contributed by atoms with van der Waals surface area (Å²) in [6.45, 7) is 3.97. The average molecular weight is 409 g/mol. The predicted molar refractivity (Wildman–Crippen MR) is 114 cm³/mol. The van der Waals surface area contributed by atoms with Gasteiger partial charge in [-0.2, -0.15) is 0 Å². The third-order valence-corrected chi connectivity index (χ3v) is 5.37. The Morgan fingerprint density at radius 2 is 1.90 bits per heavy atom. The highest BCUT2D eigenvalue weighted by atomic mass is 16.5. The van der Waals surface area contributed by atoms with Crippen LogP contribution in [0.15, 0.2) is 53.2 Å². The van der Waals surface area contributed by atoms with Gasteiger partial charge in [0.1, 0.15) is 17.0 Å². The monoisotopic (exact) mass is 408 g/mol.